The Bertz CT molecular complexity index is 1070. The minimum absolute atomic E-state index is 0.0665. The van der Waals surface area contributed by atoms with Gasteiger partial charge < -0.3 is 10.1 Å². The molecule has 0 spiro atoms. The molecule has 3 rings (SSSR count). The van der Waals surface area contributed by atoms with Crippen molar-refractivity contribution in [2.75, 3.05) is 17.1 Å². The van der Waals surface area contributed by atoms with Crippen molar-refractivity contribution in [3.63, 3.8) is 0 Å². The van der Waals surface area contributed by atoms with E-state index >= 15 is 0 Å². The zero-order valence-electron chi connectivity index (χ0n) is 15.5. The van der Waals surface area contributed by atoms with Crippen molar-refractivity contribution in [3.05, 3.63) is 89.4 Å². The van der Waals surface area contributed by atoms with Crippen LogP contribution in [0.25, 0.3) is 0 Å². The molecule has 0 saturated carbocycles. The third kappa shape index (κ3) is 5.35. The highest BCUT2D eigenvalue weighted by Gasteiger charge is 2.20. The molecule has 1 atom stereocenters. The first-order chi connectivity index (χ1) is 13.9. The van der Waals surface area contributed by atoms with Crippen molar-refractivity contribution in [2.24, 2.45) is 0 Å². The first kappa shape index (κ1) is 20.9. The van der Waals surface area contributed by atoms with Gasteiger partial charge in [0.15, 0.2) is 6.10 Å². The largest absolute Gasteiger partial charge is 0.367 e. The van der Waals surface area contributed by atoms with Gasteiger partial charge in [-0.15, -0.1) is 0 Å². The van der Waals surface area contributed by atoms with E-state index in [1.807, 2.05) is 18.2 Å². The zero-order chi connectivity index (χ0) is 20.9. The quantitative estimate of drug-likeness (QED) is 0.579. The second-order valence-electron chi connectivity index (χ2n) is 6.15. The molecule has 6 nitrogen and oxygen atoms in total. The number of hydrogen-bond donors (Lipinski definition) is 2. The number of carbonyl (C=O) groups excluding carboxylic acids is 1. The molecule has 0 aromatic heterocycles. The minimum atomic E-state index is -3.77. The highest BCUT2D eigenvalue weighted by molar-refractivity contribution is 7.92. The standard InChI is InChI=1S/C21H19ClN2O4S/c1-28-20(15-5-3-2-4-6-15)21(25)23-17-11-13-19(14-12-17)29(26,27)24-18-9-7-16(22)8-10-18/h2-14,20,24H,1H3,(H,23,25)/t20-/m0/s1. The molecule has 150 valence electrons. The summed E-state index contributed by atoms with van der Waals surface area (Å²) in [6.45, 7) is 0. The molecular formula is C21H19ClN2O4S. The number of ether oxygens (including phenoxy) is 1. The Balaban J connectivity index is 1.70. The van der Waals surface area contributed by atoms with Crippen LogP contribution < -0.4 is 10.0 Å². The molecule has 0 bridgehead atoms. The summed E-state index contributed by atoms with van der Waals surface area (Å²) in [7, 11) is -2.31. The summed E-state index contributed by atoms with van der Waals surface area (Å²) in [5, 5.41) is 3.24. The minimum Gasteiger partial charge on any atom is -0.367 e. The second-order valence-corrected chi connectivity index (χ2v) is 8.27. The number of amides is 1. The van der Waals surface area contributed by atoms with Crippen molar-refractivity contribution in [2.45, 2.75) is 11.0 Å². The van der Waals surface area contributed by atoms with E-state index in [0.29, 0.717) is 16.4 Å². The molecular weight excluding hydrogens is 412 g/mol. The fraction of sp³-hybridized carbons (Fsp3) is 0.0952. The summed E-state index contributed by atoms with van der Waals surface area (Å²) in [6, 6.07) is 21.3. The van der Waals surface area contributed by atoms with Gasteiger partial charge in [0.1, 0.15) is 0 Å². The average Bonchev–Trinajstić information content (AvgIpc) is 2.71. The zero-order valence-corrected chi connectivity index (χ0v) is 17.1. The molecule has 3 aromatic rings. The number of hydrogen-bond acceptors (Lipinski definition) is 4. The molecule has 0 aliphatic heterocycles. The molecule has 0 unspecified atom stereocenters. The number of sulfonamides is 1. The van der Waals surface area contributed by atoms with Crippen LogP contribution in [0.2, 0.25) is 5.02 Å². The average molecular weight is 431 g/mol. The topological polar surface area (TPSA) is 84.5 Å². The molecule has 0 heterocycles. The van der Waals surface area contributed by atoms with E-state index in [1.54, 1.807) is 36.4 Å². The molecule has 29 heavy (non-hydrogen) atoms. The van der Waals surface area contributed by atoms with Crippen molar-refractivity contribution in [3.8, 4) is 0 Å². The van der Waals surface area contributed by atoms with E-state index in [2.05, 4.69) is 10.0 Å². The van der Waals surface area contributed by atoms with Crippen molar-refractivity contribution in [1.29, 1.82) is 0 Å². The Kier molecular flexibility index (Phi) is 6.53. The number of methoxy groups -OCH3 is 1. The van der Waals surface area contributed by atoms with Crippen LogP contribution in [-0.2, 0) is 19.6 Å². The van der Waals surface area contributed by atoms with Gasteiger partial charge in [0.2, 0.25) is 0 Å². The molecule has 0 fully saturated rings. The summed E-state index contributed by atoms with van der Waals surface area (Å²) in [4.78, 5) is 12.6. The van der Waals surface area contributed by atoms with E-state index in [1.165, 1.54) is 31.4 Å². The Morgan fingerprint density at radius 2 is 1.48 bits per heavy atom. The second kappa shape index (κ2) is 9.09. The van der Waals surface area contributed by atoms with Gasteiger partial charge in [-0.1, -0.05) is 41.9 Å². The van der Waals surface area contributed by atoms with Gasteiger partial charge >= 0.3 is 0 Å². The number of halogens is 1. The van der Waals surface area contributed by atoms with Gasteiger partial charge in [-0.05, 0) is 54.1 Å². The molecule has 8 heteroatoms. The van der Waals surface area contributed by atoms with Crippen LogP contribution in [0.1, 0.15) is 11.7 Å². The SMILES string of the molecule is CO[C@H](C(=O)Nc1ccc(S(=O)(=O)Nc2ccc(Cl)cc2)cc1)c1ccccc1. The molecule has 0 radical (unpaired) electrons. The summed E-state index contributed by atoms with van der Waals surface area (Å²) in [5.41, 5.74) is 1.58. The number of rotatable bonds is 7. The van der Waals surface area contributed by atoms with Crippen LogP contribution >= 0.6 is 11.6 Å². The van der Waals surface area contributed by atoms with Crippen LogP contribution in [0.5, 0.6) is 0 Å². The molecule has 0 aliphatic rings. The van der Waals surface area contributed by atoms with Gasteiger partial charge in [0, 0.05) is 23.5 Å². The van der Waals surface area contributed by atoms with Gasteiger partial charge in [0.25, 0.3) is 15.9 Å². The monoisotopic (exact) mass is 430 g/mol. The maximum absolute atomic E-state index is 12.5. The summed E-state index contributed by atoms with van der Waals surface area (Å²) >= 11 is 5.81. The molecule has 0 aliphatic carbocycles. The van der Waals surface area contributed by atoms with E-state index in [0.717, 1.165) is 5.56 Å². The lowest BCUT2D eigenvalue weighted by molar-refractivity contribution is -0.126. The fourth-order valence-corrected chi connectivity index (χ4v) is 3.86. The van der Waals surface area contributed by atoms with Crippen LogP contribution in [0.15, 0.2) is 83.8 Å². The predicted octanol–water partition coefficient (Wildman–Crippen LogP) is 4.47. The maximum Gasteiger partial charge on any atom is 0.261 e. The molecule has 0 saturated heterocycles. The highest BCUT2D eigenvalue weighted by atomic mass is 35.5. The van der Waals surface area contributed by atoms with Crippen molar-refractivity contribution < 1.29 is 17.9 Å². The summed E-state index contributed by atoms with van der Waals surface area (Å²) in [5.74, 6) is -0.353. The first-order valence-electron chi connectivity index (χ1n) is 8.66. The molecule has 1 amide bonds. The predicted molar refractivity (Wildman–Crippen MR) is 114 cm³/mol. The Morgan fingerprint density at radius 1 is 0.897 bits per heavy atom. The van der Waals surface area contributed by atoms with Crippen LogP contribution in [0.3, 0.4) is 0 Å². The summed E-state index contributed by atoms with van der Waals surface area (Å²) < 4.78 is 32.8. The van der Waals surface area contributed by atoms with E-state index in [9.17, 15) is 13.2 Å². The summed E-state index contributed by atoms with van der Waals surface area (Å²) in [6.07, 6.45) is -0.772. The highest BCUT2D eigenvalue weighted by Crippen LogP contribution is 2.22. The molecule has 2 N–H and O–H groups in total. The van der Waals surface area contributed by atoms with Crippen molar-refractivity contribution in [1.82, 2.24) is 0 Å². The van der Waals surface area contributed by atoms with Crippen LogP contribution in [0, 0.1) is 0 Å². The number of nitrogens with one attached hydrogen (secondary N) is 2. The number of carbonyl (C=O) groups is 1. The Labute approximate surface area is 174 Å². The lowest BCUT2D eigenvalue weighted by Gasteiger charge is -2.16. The van der Waals surface area contributed by atoms with E-state index in [-0.39, 0.29) is 10.8 Å². The lowest BCUT2D eigenvalue weighted by atomic mass is 10.1. The maximum atomic E-state index is 12.5. The van der Waals surface area contributed by atoms with E-state index < -0.39 is 16.1 Å². The lowest BCUT2D eigenvalue weighted by Crippen LogP contribution is -2.22. The van der Waals surface area contributed by atoms with Gasteiger partial charge in [-0.3, -0.25) is 9.52 Å². The van der Waals surface area contributed by atoms with Crippen LogP contribution in [0.4, 0.5) is 11.4 Å². The Morgan fingerprint density at radius 3 is 2.07 bits per heavy atom. The smallest absolute Gasteiger partial charge is 0.261 e. The number of benzene rings is 3. The van der Waals surface area contributed by atoms with Gasteiger partial charge in [0.05, 0.1) is 4.90 Å². The number of anilines is 2. The first-order valence-corrected chi connectivity index (χ1v) is 10.5. The van der Waals surface area contributed by atoms with Gasteiger partial charge in [-0.25, -0.2) is 8.42 Å². The third-order valence-corrected chi connectivity index (χ3v) is 5.75. The van der Waals surface area contributed by atoms with E-state index in [4.69, 9.17) is 16.3 Å². The Hall–Kier alpha value is -2.87. The fourth-order valence-electron chi connectivity index (χ4n) is 2.68. The van der Waals surface area contributed by atoms with Gasteiger partial charge in [-0.2, -0.15) is 0 Å². The third-order valence-electron chi connectivity index (χ3n) is 4.10. The van der Waals surface area contributed by atoms with Crippen LogP contribution in [-0.4, -0.2) is 21.4 Å². The van der Waals surface area contributed by atoms with Crippen molar-refractivity contribution >= 4 is 38.9 Å². The molecule has 3 aromatic carbocycles. The normalized spacial score (nSPS) is 12.2.